The van der Waals surface area contributed by atoms with E-state index in [1.807, 2.05) is 25.1 Å². The third-order valence-corrected chi connectivity index (χ3v) is 7.20. The maximum atomic E-state index is 13.5. The second kappa shape index (κ2) is 10.00. The number of hydrogen-bond acceptors (Lipinski definition) is 8. The van der Waals surface area contributed by atoms with Crippen molar-refractivity contribution in [2.75, 3.05) is 18.4 Å². The minimum absolute atomic E-state index is 0.177. The van der Waals surface area contributed by atoms with E-state index >= 15 is 0 Å². The standard InChI is InChI=1S/C28H26ClN7O2/c1-3-36-26-20(15-31-28(34-26)33-21-7-4-17(5-8-21)19-10-11-30-14-19)12-23(27(36)37)22-9-6-18(13-24(22)29)25-32-16(2)38-35-25/h4-9,12-13,15,19,30H,3,10-11,14H2,1-2H3,(H,31,33,34). The Bertz CT molecular complexity index is 1690. The van der Waals surface area contributed by atoms with Gasteiger partial charge in [0.05, 0.1) is 0 Å². The first kappa shape index (κ1) is 24.3. The number of benzene rings is 2. The van der Waals surface area contributed by atoms with Gasteiger partial charge in [-0.25, -0.2) is 4.98 Å². The van der Waals surface area contributed by atoms with Crippen LogP contribution in [-0.2, 0) is 6.54 Å². The number of aromatic nitrogens is 5. The fourth-order valence-corrected chi connectivity index (χ4v) is 5.18. The average Bonchev–Trinajstić information content (AvgIpc) is 3.62. The summed E-state index contributed by atoms with van der Waals surface area (Å²) in [5.74, 6) is 1.90. The van der Waals surface area contributed by atoms with Crippen molar-refractivity contribution >= 4 is 34.3 Å². The second-order valence-corrected chi connectivity index (χ2v) is 9.76. The van der Waals surface area contributed by atoms with Gasteiger partial charge in [0.15, 0.2) is 0 Å². The molecule has 10 heteroatoms. The summed E-state index contributed by atoms with van der Waals surface area (Å²) in [5.41, 5.74) is 4.40. The zero-order chi connectivity index (χ0) is 26.2. The Morgan fingerprint density at radius 1 is 1.13 bits per heavy atom. The molecule has 3 aromatic heterocycles. The fraction of sp³-hybridized carbons (Fsp3) is 0.250. The zero-order valence-electron chi connectivity index (χ0n) is 21.0. The lowest BCUT2D eigenvalue weighted by Crippen LogP contribution is -2.22. The highest BCUT2D eigenvalue weighted by molar-refractivity contribution is 6.33. The molecule has 1 aliphatic heterocycles. The van der Waals surface area contributed by atoms with Crippen molar-refractivity contribution in [3.63, 3.8) is 0 Å². The van der Waals surface area contributed by atoms with Crippen LogP contribution in [0.1, 0.15) is 30.7 Å². The first-order valence-corrected chi connectivity index (χ1v) is 13.0. The van der Waals surface area contributed by atoms with Crippen LogP contribution in [0.3, 0.4) is 0 Å². The van der Waals surface area contributed by atoms with Crippen molar-refractivity contribution in [2.24, 2.45) is 0 Å². The predicted molar refractivity (Wildman–Crippen MR) is 148 cm³/mol. The van der Waals surface area contributed by atoms with Crippen molar-refractivity contribution in [2.45, 2.75) is 32.7 Å². The third-order valence-electron chi connectivity index (χ3n) is 6.89. The lowest BCUT2D eigenvalue weighted by molar-refractivity contribution is 0.394. The van der Waals surface area contributed by atoms with Crippen LogP contribution in [0.4, 0.5) is 11.6 Å². The highest BCUT2D eigenvalue weighted by Crippen LogP contribution is 2.31. The van der Waals surface area contributed by atoms with Crippen LogP contribution < -0.4 is 16.2 Å². The van der Waals surface area contributed by atoms with Crippen molar-refractivity contribution in [3.8, 4) is 22.5 Å². The molecular formula is C28H26ClN7O2. The van der Waals surface area contributed by atoms with E-state index in [0.29, 0.717) is 57.5 Å². The van der Waals surface area contributed by atoms with Crippen LogP contribution in [0.15, 0.2) is 64.0 Å². The van der Waals surface area contributed by atoms with E-state index in [1.54, 1.807) is 35.9 Å². The lowest BCUT2D eigenvalue weighted by atomic mass is 9.98. The van der Waals surface area contributed by atoms with Gasteiger partial charge in [0, 0.05) is 59.0 Å². The minimum atomic E-state index is -0.177. The molecule has 2 aromatic carbocycles. The maximum Gasteiger partial charge on any atom is 0.260 e. The number of hydrogen-bond donors (Lipinski definition) is 2. The number of rotatable bonds is 6. The van der Waals surface area contributed by atoms with Gasteiger partial charge in [0.25, 0.3) is 5.56 Å². The quantitative estimate of drug-likeness (QED) is 0.305. The van der Waals surface area contributed by atoms with Crippen LogP contribution in [-0.4, -0.2) is 37.8 Å². The molecule has 1 fully saturated rings. The number of anilines is 2. The van der Waals surface area contributed by atoms with Gasteiger partial charge < -0.3 is 15.2 Å². The molecule has 1 aliphatic rings. The Labute approximate surface area is 223 Å². The molecule has 0 saturated carbocycles. The average molecular weight is 528 g/mol. The summed E-state index contributed by atoms with van der Waals surface area (Å²) in [6, 6.07) is 15.5. The lowest BCUT2D eigenvalue weighted by Gasteiger charge is -2.13. The van der Waals surface area contributed by atoms with Crippen molar-refractivity contribution in [3.05, 3.63) is 81.6 Å². The summed E-state index contributed by atoms with van der Waals surface area (Å²) >= 11 is 6.63. The minimum Gasteiger partial charge on any atom is -0.339 e. The summed E-state index contributed by atoms with van der Waals surface area (Å²) in [7, 11) is 0. The normalized spacial score (nSPS) is 15.3. The van der Waals surface area contributed by atoms with Gasteiger partial charge in [-0.2, -0.15) is 9.97 Å². The van der Waals surface area contributed by atoms with Crippen molar-refractivity contribution in [1.82, 2.24) is 30.0 Å². The largest absolute Gasteiger partial charge is 0.339 e. The number of pyridine rings is 1. The first-order valence-electron chi connectivity index (χ1n) is 12.6. The van der Waals surface area contributed by atoms with E-state index in [4.69, 9.17) is 16.1 Å². The van der Waals surface area contributed by atoms with Crippen LogP contribution >= 0.6 is 11.6 Å². The number of fused-ring (bicyclic) bond motifs is 1. The molecular weight excluding hydrogens is 502 g/mol. The summed E-state index contributed by atoms with van der Waals surface area (Å²) in [6.07, 6.45) is 2.88. The van der Waals surface area contributed by atoms with Crippen molar-refractivity contribution < 1.29 is 4.52 Å². The monoisotopic (exact) mass is 527 g/mol. The molecule has 4 heterocycles. The molecule has 1 atom stereocenters. The molecule has 38 heavy (non-hydrogen) atoms. The Morgan fingerprint density at radius 3 is 2.66 bits per heavy atom. The van der Waals surface area contributed by atoms with E-state index in [0.717, 1.165) is 30.6 Å². The zero-order valence-corrected chi connectivity index (χ0v) is 21.8. The Morgan fingerprint density at radius 2 is 1.97 bits per heavy atom. The number of halogens is 1. The molecule has 0 aliphatic carbocycles. The molecule has 0 radical (unpaired) electrons. The molecule has 1 unspecified atom stereocenters. The molecule has 0 spiro atoms. The number of aryl methyl sites for hydroxylation is 2. The van der Waals surface area contributed by atoms with Gasteiger partial charge in [0.2, 0.25) is 17.7 Å². The highest BCUT2D eigenvalue weighted by Gasteiger charge is 2.18. The number of nitrogens with one attached hydrogen (secondary N) is 2. The highest BCUT2D eigenvalue weighted by atomic mass is 35.5. The Kier molecular flexibility index (Phi) is 6.39. The maximum absolute atomic E-state index is 13.5. The summed E-state index contributed by atoms with van der Waals surface area (Å²) < 4.78 is 6.70. The van der Waals surface area contributed by atoms with Gasteiger partial charge in [0.1, 0.15) is 5.65 Å². The van der Waals surface area contributed by atoms with E-state index in [1.165, 1.54) is 5.56 Å². The van der Waals surface area contributed by atoms with Gasteiger partial charge in [-0.05, 0) is 55.6 Å². The van der Waals surface area contributed by atoms with Gasteiger partial charge in [-0.1, -0.05) is 41.0 Å². The molecule has 0 amide bonds. The van der Waals surface area contributed by atoms with Crippen molar-refractivity contribution in [1.29, 1.82) is 0 Å². The van der Waals surface area contributed by atoms with Crippen LogP contribution in [0, 0.1) is 6.92 Å². The molecule has 192 valence electrons. The van der Waals surface area contributed by atoms with E-state index in [9.17, 15) is 4.79 Å². The van der Waals surface area contributed by atoms with Gasteiger partial charge in [-0.3, -0.25) is 9.36 Å². The van der Waals surface area contributed by atoms with Crippen LogP contribution in [0.2, 0.25) is 5.02 Å². The van der Waals surface area contributed by atoms with Crippen LogP contribution in [0.5, 0.6) is 0 Å². The predicted octanol–water partition coefficient (Wildman–Crippen LogP) is 5.31. The third kappa shape index (κ3) is 4.55. The fourth-order valence-electron chi connectivity index (χ4n) is 4.90. The van der Waals surface area contributed by atoms with E-state index in [-0.39, 0.29) is 5.56 Å². The molecule has 0 bridgehead atoms. The smallest absolute Gasteiger partial charge is 0.260 e. The summed E-state index contributed by atoms with van der Waals surface area (Å²) in [6.45, 7) is 6.17. The Balaban J connectivity index is 1.32. The molecule has 1 saturated heterocycles. The molecule has 5 aromatic rings. The molecule has 6 rings (SSSR count). The first-order chi connectivity index (χ1) is 18.5. The Hall–Kier alpha value is -4.08. The SMILES string of the molecule is CCn1c(=O)c(-c2ccc(-c3noc(C)n3)cc2Cl)cc2cnc(Nc3ccc(C4CCNC4)cc3)nc21. The topological polar surface area (TPSA) is 111 Å². The van der Waals surface area contributed by atoms with E-state index < -0.39 is 0 Å². The number of nitrogens with zero attached hydrogens (tertiary/aromatic N) is 5. The summed E-state index contributed by atoms with van der Waals surface area (Å²) in [4.78, 5) is 27.0. The molecule has 9 nitrogen and oxygen atoms in total. The second-order valence-electron chi connectivity index (χ2n) is 9.35. The van der Waals surface area contributed by atoms with E-state index in [2.05, 4.69) is 42.9 Å². The van der Waals surface area contributed by atoms with Crippen LogP contribution in [0.25, 0.3) is 33.5 Å². The van der Waals surface area contributed by atoms with Gasteiger partial charge in [-0.15, -0.1) is 0 Å². The summed E-state index contributed by atoms with van der Waals surface area (Å²) in [5, 5.41) is 11.8. The molecule has 2 N–H and O–H groups in total. The van der Waals surface area contributed by atoms with Gasteiger partial charge >= 0.3 is 0 Å².